The van der Waals surface area contributed by atoms with Gasteiger partial charge < -0.3 is 9.53 Å². The fourth-order valence-corrected chi connectivity index (χ4v) is 2.40. The third kappa shape index (κ3) is 1.93. The SMILES string of the molecule is CC(CC1(C=O)CCOC1)C1CC1. The highest BCUT2D eigenvalue weighted by molar-refractivity contribution is 5.60. The fourth-order valence-electron chi connectivity index (χ4n) is 2.40. The molecule has 1 saturated heterocycles. The van der Waals surface area contributed by atoms with Gasteiger partial charge in [-0.1, -0.05) is 6.92 Å². The molecule has 2 atom stereocenters. The lowest BCUT2D eigenvalue weighted by molar-refractivity contribution is -0.117. The van der Waals surface area contributed by atoms with Gasteiger partial charge in [0.15, 0.2) is 0 Å². The van der Waals surface area contributed by atoms with E-state index in [9.17, 15) is 4.79 Å². The van der Waals surface area contributed by atoms with Crippen LogP contribution in [0, 0.1) is 17.3 Å². The summed E-state index contributed by atoms with van der Waals surface area (Å²) in [6.45, 7) is 3.71. The van der Waals surface area contributed by atoms with Crippen LogP contribution in [0.1, 0.15) is 32.6 Å². The highest BCUT2D eigenvalue weighted by Gasteiger charge is 2.39. The molecule has 0 aromatic carbocycles. The maximum Gasteiger partial charge on any atom is 0.128 e. The molecule has 2 nitrogen and oxygen atoms in total. The van der Waals surface area contributed by atoms with Crippen LogP contribution in [0.2, 0.25) is 0 Å². The molecule has 2 aliphatic rings. The molecule has 0 amide bonds. The third-order valence-corrected chi connectivity index (χ3v) is 3.54. The van der Waals surface area contributed by atoms with E-state index in [4.69, 9.17) is 4.74 Å². The number of carbonyl (C=O) groups excluding carboxylic acids is 1. The summed E-state index contributed by atoms with van der Waals surface area (Å²) in [6.07, 6.45) is 5.86. The molecule has 1 aliphatic carbocycles. The maximum absolute atomic E-state index is 11.0. The first-order valence-corrected chi connectivity index (χ1v) is 5.30. The molecular formula is C11H18O2. The number of hydrogen-bond donors (Lipinski definition) is 0. The molecule has 0 spiro atoms. The van der Waals surface area contributed by atoms with Crippen LogP contribution < -0.4 is 0 Å². The van der Waals surface area contributed by atoms with Crippen LogP contribution in [0.25, 0.3) is 0 Å². The fraction of sp³-hybridized carbons (Fsp3) is 0.909. The first kappa shape index (κ1) is 9.20. The van der Waals surface area contributed by atoms with E-state index in [2.05, 4.69) is 6.92 Å². The van der Waals surface area contributed by atoms with Crippen LogP contribution in [0.15, 0.2) is 0 Å². The first-order valence-electron chi connectivity index (χ1n) is 5.30. The van der Waals surface area contributed by atoms with Gasteiger partial charge in [-0.25, -0.2) is 0 Å². The van der Waals surface area contributed by atoms with Gasteiger partial charge in [0.1, 0.15) is 6.29 Å². The molecule has 1 aliphatic heterocycles. The van der Waals surface area contributed by atoms with Crippen LogP contribution in [-0.4, -0.2) is 19.5 Å². The number of carbonyl (C=O) groups is 1. The Balaban J connectivity index is 1.92. The summed E-state index contributed by atoms with van der Waals surface area (Å²) in [5.41, 5.74) is -0.123. The third-order valence-electron chi connectivity index (χ3n) is 3.54. The number of hydrogen-bond acceptors (Lipinski definition) is 2. The van der Waals surface area contributed by atoms with Gasteiger partial charge in [-0.3, -0.25) is 0 Å². The second-order valence-electron chi connectivity index (χ2n) is 4.80. The number of aldehydes is 1. The second-order valence-corrected chi connectivity index (χ2v) is 4.80. The van der Waals surface area contributed by atoms with Gasteiger partial charge in [0.2, 0.25) is 0 Å². The van der Waals surface area contributed by atoms with Crippen LogP contribution in [-0.2, 0) is 9.53 Å². The number of rotatable bonds is 4. The van der Waals surface area contributed by atoms with Crippen molar-refractivity contribution in [2.45, 2.75) is 32.6 Å². The molecule has 0 bridgehead atoms. The molecule has 2 heteroatoms. The lowest BCUT2D eigenvalue weighted by Crippen LogP contribution is -2.26. The van der Waals surface area contributed by atoms with E-state index in [0.717, 1.165) is 31.7 Å². The molecular weight excluding hydrogens is 164 g/mol. The Bertz CT molecular complexity index is 190. The Hall–Kier alpha value is -0.370. The van der Waals surface area contributed by atoms with Crippen LogP contribution in [0.3, 0.4) is 0 Å². The zero-order chi connectivity index (χ0) is 9.31. The molecule has 0 radical (unpaired) electrons. The lowest BCUT2D eigenvalue weighted by Gasteiger charge is -2.23. The van der Waals surface area contributed by atoms with Gasteiger partial charge in [0.25, 0.3) is 0 Å². The van der Waals surface area contributed by atoms with Crippen molar-refractivity contribution in [3.8, 4) is 0 Å². The molecule has 13 heavy (non-hydrogen) atoms. The minimum absolute atomic E-state index is 0.123. The normalized spacial score (nSPS) is 36.1. The van der Waals surface area contributed by atoms with Gasteiger partial charge in [0.05, 0.1) is 12.0 Å². The van der Waals surface area contributed by atoms with Gasteiger partial charge in [0, 0.05) is 6.61 Å². The average Bonchev–Trinajstić information content (AvgIpc) is 2.89. The summed E-state index contributed by atoms with van der Waals surface area (Å²) in [5, 5.41) is 0. The van der Waals surface area contributed by atoms with Crippen LogP contribution >= 0.6 is 0 Å². The molecule has 0 aromatic rings. The van der Waals surface area contributed by atoms with Crippen LogP contribution in [0.5, 0.6) is 0 Å². The predicted molar refractivity (Wildman–Crippen MR) is 50.4 cm³/mol. The van der Waals surface area contributed by atoms with E-state index in [1.54, 1.807) is 0 Å². The Labute approximate surface area is 79.7 Å². The highest BCUT2D eigenvalue weighted by atomic mass is 16.5. The topological polar surface area (TPSA) is 26.3 Å². The Kier molecular flexibility index (Phi) is 2.41. The van der Waals surface area contributed by atoms with Gasteiger partial charge in [-0.15, -0.1) is 0 Å². The maximum atomic E-state index is 11.0. The molecule has 2 fully saturated rings. The monoisotopic (exact) mass is 182 g/mol. The largest absolute Gasteiger partial charge is 0.380 e. The summed E-state index contributed by atoms with van der Waals surface area (Å²) in [5.74, 6) is 1.62. The zero-order valence-corrected chi connectivity index (χ0v) is 8.29. The van der Waals surface area contributed by atoms with E-state index in [1.807, 2.05) is 0 Å². The van der Waals surface area contributed by atoms with Crippen molar-refractivity contribution >= 4 is 6.29 Å². The van der Waals surface area contributed by atoms with Crippen molar-refractivity contribution < 1.29 is 9.53 Å². The van der Waals surface area contributed by atoms with Gasteiger partial charge >= 0.3 is 0 Å². The number of ether oxygens (including phenoxy) is 1. The Morgan fingerprint density at radius 1 is 1.62 bits per heavy atom. The Morgan fingerprint density at radius 2 is 2.38 bits per heavy atom. The smallest absolute Gasteiger partial charge is 0.128 e. The summed E-state index contributed by atoms with van der Waals surface area (Å²) < 4.78 is 5.32. The highest BCUT2D eigenvalue weighted by Crippen LogP contribution is 2.43. The summed E-state index contributed by atoms with van der Waals surface area (Å²) in [4.78, 5) is 11.0. The molecule has 1 heterocycles. The van der Waals surface area contributed by atoms with Crippen molar-refractivity contribution in [1.29, 1.82) is 0 Å². The van der Waals surface area contributed by atoms with Crippen molar-refractivity contribution in [3.05, 3.63) is 0 Å². The molecule has 1 saturated carbocycles. The predicted octanol–water partition coefficient (Wildman–Crippen LogP) is 2.03. The Morgan fingerprint density at radius 3 is 2.85 bits per heavy atom. The zero-order valence-electron chi connectivity index (χ0n) is 8.29. The molecule has 0 N–H and O–H groups in total. The molecule has 2 rings (SSSR count). The van der Waals surface area contributed by atoms with Crippen molar-refractivity contribution in [2.24, 2.45) is 17.3 Å². The van der Waals surface area contributed by atoms with Gasteiger partial charge in [-0.05, 0) is 37.5 Å². The lowest BCUT2D eigenvalue weighted by atomic mass is 9.79. The molecule has 0 aromatic heterocycles. The van der Waals surface area contributed by atoms with Crippen molar-refractivity contribution in [1.82, 2.24) is 0 Å². The summed E-state index contributed by atoms with van der Waals surface area (Å²) >= 11 is 0. The van der Waals surface area contributed by atoms with E-state index >= 15 is 0 Å². The van der Waals surface area contributed by atoms with Crippen LogP contribution in [0.4, 0.5) is 0 Å². The first-order chi connectivity index (χ1) is 6.26. The standard InChI is InChI=1S/C11H18O2/c1-9(10-2-3-10)6-11(7-12)4-5-13-8-11/h7,9-10H,2-6,8H2,1H3. The van der Waals surface area contributed by atoms with Gasteiger partial charge in [-0.2, -0.15) is 0 Å². The van der Waals surface area contributed by atoms with E-state index in [-0.39, 0.29) is 5.41 Å². The van der Waals surface area contributed by atoms with E-state index in [1.165, 1.54) is 12.8 Å². The van der Waals surface area contributed by atoms with Crippen molar-refractivity contribution in [2.75, 3.05) is 13.2 Å². The van der Waals surface area contributed by atoms with E-state index in [0.29, 0.717) is 12.5 Å². The molecule has 74 valence electrons. The van der Waals surface area contributed by atoms with Crippen molar-refractivity contribution in [3.63, 3.8) is 0 Å². The van der Waals surface area contributed by atoms with E-state index < -0.39 is 0 Å². The summed E-state index contributed by atoms with van der Waals surface area (Å²) in [7, 11) is 0. The average molecular weight is 182 g/mol. The minimum Gasteiger partial charge on any atom is -0.380 e. The quantitative estimate of drug-likeness (QED) is 0.622. The summed E-state index contributed by atoms with van der Waals surface area (Å²) in [6, 6.07) is 0. The minimum atomic E-state index is -0.123. The second kappa shape index (κ2) is 3.41. The molecule has 2 unspecified atom stereocenters.